The molecule has 0 saturated carbocycles. The predicted octanol–water partition coefficient (Wildman–Crippen LogP) is 3.70. The fourth-order valence-corrected chi connectivity index (χ4v) is 3.20. The van der Waals surface area contributed by atoms with Crippen molar-refractivity contribution in [3.63, 3.8) is 0 Å². The first-order valence-corrected chi connectivity index (χ1v) is 8.24. The van der Waals surface area contributed by atoms with Gasteiger partial charge in [0, 0.05) is 10.4 Å². The maximum Gasteiger partial charge on any atom is 0.162 e. The van der Waals surface area contributed by atoms with Crippen LogP contribution in [0.25, 0.3) is 0 Å². The molecule has 4 nitrogen and oxygen atoms in total. The van der Waals surface area contributed by atoms with Crippen molar-refractivity contribution in [1.82, 2.24) is 0 Å². The van der Waals surface area contributed by atoms with Crippen molar-refractivity contribution in [3.05, 3.63) is 22.2 Å². The minimum absolute atomic E-state index is 0.115. The van der Waals surface area contributed by atoms with E-state index in [0.29, 0.717) is 31.3 Å². The highest BCUT2D eigenvalue weighted by Gasteiger charge is 2.31. The molecule has 1 fully saturated rings. The summed E-state index contributed by atoms with van der Waals surface area (Å²) < 4.78 is 17.6. The maximum atomic E-state index is 10.6. The molecule has 21 heavy (non-hydrogen) atoms. The SMILES string of the molecule is CCOc1cc(Br)c(C(O)C2COC(C)C2)cc1OCC. The van der Waals surface area contributed by atoms with Gasteiger partial charge in [-0.25, -0.2) is 0 Å². The Kier molecular flexibility index (Phi) is 5.90. The number of benzene rings is 1. The number of aliphatic hydroxyl groups excluding tert-OH is 1. The third kappa shape index (κ3) is 3.90. The van der Waals surface area contributed by atoms with Crippen LogP contribution >= 0.6 is 15.9 Å². The van der Waals surface area contributed by atoms with Crippen LogP contribution in [0.1, 0.15) is 38.9 Å². The standard InChI is InChI=1S/C16H23BrO4/c1-4-19-14-7-12(13(17)8-15(14)20-5-2)16(18)11-6-10(3)21-9-11/h7-8,10-11,16,18H,4-6,9H2,1-3H3. The number of hydrogen-bond acceptors (Lipinski definition) is 4. The minimum atomic E-state index is -0.570. The van der Waals surface area contributed by atoms with Crippen LogP contribution in [0.2, 0.25) is 0 Å². The summed E-state index contributed by atoms with van der Waals surface area (Å²) in [5.41, 5.74) is 0.824. The van der Waals surface area contributed by atoms with Gasteiger partial charge in [-0.2, -0.15) is 0 Å². The molecule has 1 aromatic carbocycles. The van der Waals surface area contributed by atoms with E-state index < -0.39 is 6.10 Å². The molecule has 1 aliphatic heterocycles. The average molecular weight is 359 g/mol. The zero-order valence-electron chi connectivity index (χ0n) is 12.8. The molecule has 1 N–H and O–H groups in total. The Morgan fingerprint density at radius 3 is 2.43 bits per heavy atom. The van der Waals surface area contributed by atoms with Crippen LogP contribution in [0.5, 0.6) is 11.5 Å². The molecule has 1 aromatic rings. The molecular weight excluding hydrogens is 336 g/mol. The van der Waals surface area contributed by atoms with Gasteiger partial charge in [-0.1, -0.05) is 15.9 Å². The Morgan fingerprint density at radius 2 is 1.90 bits per heavy atom. The lowest BCUT2D eigenvalue weighted by Crippen LogP contribution is -2.14. The van der Waals surface area contributed by atoms with E-state index in [4.69, 9.17) is 14.2 Å². The van der Waals surface area contributed by atoms with Crippen LogP contribution < -0.4 is 9.47 Å². The number of rotatable bonds is 6. The van der Waals surface area contributed by atoms with E-state index in [-0.39, 0.29) is 12.0 Å². The third-order valence-electron chi connectivity index (χ3n) is 3.66. The second kappa shape index (κ2) is 7.47. The van der Waals surface area contributed by atoms with Crippen molar-refractivity contribution in [2.75, 3.05) is 19.8 Å². The van der Waals surface area contributed by atoms with Crippen LogP contribution in [0.15, 0.2) is 16.6 Å². The van der Waals surface area contributed by atoms with E-state index in [2.05, 4.69) is 15.9 Å². The summed E-state index contributed by atoms with van der Waals surface area (Å²) in [5.74, 6) is 1.48. The van der Waals surface area contributed by atoms with Gasteiger partial charge in [-0.3, -0.25) is 0 Å². The van der Waals surface area contributed by atoms with Crippen molar-refractivity contribution in [3.8, 4) is 11.5 Å². The lowest BCUT2D eigenvalue weighted by atomic mass is 9.93. The quantitative estimate of drug-likeness (QED) is 0.841. The van der Waals surface area contributed by atoms with Gasteiger partial charge in [0.1, 0.15) is 0 Å². The van der Waals surface area contributed by atoms with Gasteiger partial charge in [0.25, 0.3) is 0 Å². The fourth-order valence-electron chi connectivity index (χ4n) is 2.64. The molecule has 118 valence electrons. The lowest BCUT2D eigenvalue weighted by Gasteiger charge is -2.21. The van der Waals surface area contributed by atoms with Crippen molar-refractivity contribution in [2.45, 2.75) is 39.4 Å². The Morgan fingerprint density at radius 1 is 1.29 bits per heavy atom. The Bertz CT molecular complexity index is 478. The Labute approximate surface area is 134 Å². The highest BCUT2D eigenvalue weighted by atomic mass is 79.9. The molecule has 0 radical (unpaired) electrons. The largest absolute Gasteiger partial charge is 0.490 e. The lowest BCUT2D eigenvalue weighted by molar-refractivity contribution is 0.0798. The van der Waals surface area contributed by atoms with E-state index in [9.17, 15) is 5.11 Å². The zero-order valence-corrected chi connectivity index (χ0v) is 14.4. The molecule has 1 aliphatic rings. The summed E-state index contributed by atoms with van der Waals surface area (Å²) in [6.45, 7) is 7.62. The molecule has 0 amide bonds. The number of ether oxygens (including phenoxy) is 3. The van der Waals surface area contributed by atoms with Crippen molar-refractivity contribution in [1.29, 1.82) is 0 Å². The van der Waals surface area contributed by atoms with E-state index in [1.807, 2.05) is 32.9 Å². The zero-order chi connectivity index (χ0) is 15.4. The first-order chi connectivity index (χ1) is 10.1. The number of halogens is 1. The molecule has 0 spiro atoms. The second-order valence-corrected chi connectivity index (χ2v) is 6.13. The van der Waals surface area contributed by atoms with Gasteiger partial charge in [0.15, 0.2) is 11.5 Å². The fraction of sp³-hybridized carbons (Fsp3) is 0.625. The van der Waals surface area contributed by atoms with Crippen LogP contribution in [0.3, 0.4) is 0 Å². The summed E-state index contributed by atoms with van der Waals surface area (Å²) in [6.07, 6.45) is 0.502. The predicted molar refractivity (Wildman–Crippen MR) is 85.0 cm³/mol. The highest BCUT2D eigenvalue weighted by molar-refractivity contribution is 9.10. The van der Waals surface area contributed by atoms with E-state index in [1.165, 1.54) is 0 Å². The molecule has 1 saturated heterocycles. The van der Waals surface area contributed by atoms with Gasteiger partial charge in [0.05, 0.1) is 32.0 Å². The topological polar surface area (TPSA) is 47.9 Å². The van der Waals surface area contributed by atoms with Crippen LogP contribution in [0, 0.1) is 5.92 Å². The molecule has 3 atom stereocenters. The van der Waals surface area contributed by atoms with Gasteiger partial charge < -0.3 is 19.3 Å². The summed E-state index contributed by atoms with van der Waals surface area (Å²) in [6, 6.07) is 3.73. The summed E-state index contributed by atoms with van der Waals surface area (Å²) in [4.78, 5) is 0. The molecule has 1 heterocycles. The number of hydrogen-bond donors (Lipinski definition) is 1. The van der Waals surface area contributed by atoms with Gasteiger partial charge in [0.2, 0.25) is 0 Å². The number of aliphatic hydroxyl groups is 1. The molecular formula is C16H23BrO4. The molecule has 5 heteroatoms. The summed E-state index contributed by atoms with van der Waals surface area (Å²) >= 11 is 3.53. The molecule has 0 aromatic heterocycles. The van der Waals surface area contributed by atoms with Crippen molar-refractivity contribution < 1.29 is 19.3 Å². The minimum Gasteiger partial charge on any atom is -0.490 e. The normalized spacial score (nSPS) is 23.1. The Balaban J connectivity index is 2.27. The molecule has 0 bridgehead atoms. The van der Waals surface area contributed by atoms with E-state index in [1.54, 1.807) is 0 Å². The van der Waals surface area contributed by atoms with Gasteiger partial charge >= 0.3 is 0 Å². The smallest absolute Gasteiger partial charge is 0.162 e. The van der Waals surface area contributed by atoms with Crippen LogP contribution in [0.4, 0.5) is 0 Å². The summed E-state index contributed by atoms with van der Waals surface area (Å²) in [7, 11) is 0. The second-order valence-electron chi connectivity index (χ2n) is 5.27. The Hall–Kier alpha value is -0.780. The molecule has 2 rings (SSSR count). The van der Waals surface area contributed by atoms with E-state index >= 15 is 0 Å². The molecule has 0 aliphatic carbocycles. The van der Waals surface area contributed by atoms with Gasteiger partial charge in [-0.15, -0.1) is 0 Å². The van der Waals surface area contributed by atoms with Gasteiger partial charge in [-0.05, 0) is 44.9 Å². The van der Waals surface area contributed by atoms with Crippen molar-refractivity contribution >= 4 is 15.9 Å². The first kappa shape index (κ1) is 16.6. The monoisotopic (exact) mass is 358 g/mol. The van der Waals surface area contributed by atoms with Crippen LogP contribution in [-0.2, 0) is 4.74 Å². The highest BCUT2D eigenvalue weighted by Crippen LogP contribution is 2.40. The maximum absolute atomic E-state index is 10.6. The molecule has 3 unspecified atom stereocenters. The first-order valence-electron chi connectivity index (χ1n) is 7.45. The van der Waals surface area contributed by atoms with E-state index in [0.717, 1.165) is 16.5 Å². The van der Waals surface area contributed by atoms with Crippen LogP contribution in [-0.4, -0.2) is 31.0 Å². The van der Waals surface area contributed by atoms with Crippen molar-refractivity contribution in [2.24, 2.45) is 5.92 Å². The summed E-state index contributed by atoms with van der Waals surface area (Å²) in [5, 5.41) is 10.6. The average Bonchev–Trinajstić information content (AvgIpc) is 2.88. The third-order valence-corrected chi connectivity index (χ3v) is 4.34.